The Morgan fingerprint density at radius 1 is 1.19 bits per heavy atom. The van der Waals surface area contributed by atoms with Crippen LogP contribution >= 0.6 is 23.1 Å². The van der Waals surface area contributed by atoms with E-state index in [9.17, 15) is 9.59 Å². The van der Waals surface area contributed by atoms with Crippen molar-refractivity contribution in [1.82, 2.24) is 14.5 Å². The molecule has 1 amide bonds. The molecule has 0 radical (unpaired) electrons. The van der Waals surface area contributed by atoms with Crippen molar-refractivity contribution < 1.29 is 19.0 Å². The van der Waals surface area contributed by atoms with Gasteiger partial charge in [0.25, 0.3) is 5.56 Å². The Labute approximate surface area is 218 Å². The third kappa shape index (κ3) is 4.79. The van der Waals surface area contributed by atoms with Crippen molar-refractivity contribution >= 4 is 39.2 Å². The number of carbonyl (C=O) groups is 1. The number of nitrogens with zero attached hydrogens (tertiary/aromatic N) is 3. The number of hydrogen-bond donors (Lipinski definition) is 0. The molecule has 8 nitrogen and oxygen atoms in total. The van der Waals surface area contributed by atoms with Crippen LogP contribution in [0.4, 0.5) is 0 Å². The number of fused-ring (bicyclic) bond motifs is 3. The summed E-state index contributed by atoms with van der Waals surface area (Å²) in [6.45, 7) is 8.90. The summed E-state index contributed by atoms with van der Waals surface area (Å²) in [5, 5.41) is 0.767. The molecule has 3 aromatic rings. The molecule has 0 N–H and O–H groups in total. The van der Waals surface area contributed by atoms with Gasteiger partial charge in [0.15, 0.2) is 5.16 Å². The van der Waals surface area contributed by atoms with Crippen LogP contribution in [0, 0.1) is 5.92 Å². The van der Waals surface area contributed by atoms with Crippen LogP contribution in [0.1, 0.15) is 31.2 Å². The Hall–Kier alpha value is -2.40. The molecule has 1 fully saturated rings. The lowest BCUT2D eigenvalue weighted by molar-refractivity contribution is -0.134. The SMILES string of the molecule is COc1ccc(-n2c(SC(C)C(=O)N3CCOCC3)nc3sc4c(c3c2=O)CC(C(C)C)OC4)cc1. The van der Waals surface area contributed by atoms with Gasteiger partial charge < -0.3 is 19.1 Å². The zero-order chi connectivity index (χ0) is 25.4. The van der Waals surface area contributed by atoms with Crippen LogP contribution in [0.15, 0.2) is 34.2 Å². The number of hydrogen-bond acceptors (Lipinski definition) is 8. The van der Waals surface area contributed by atoms with Gasteiger partial charge in [-0.3, -0.25) is 14.2 Å². The van der Waals surface area contributed by atoms with E-state index in [4.69, 9.17) is 19.2 Å². The molecule has 5 rings (SSSR count). The molecule has 4 heterocycles. The molecule has 2 aliphatic rings. The van der Waals surface area contributed by atoms with Crippen molar-refractivity contribution in [2.24, 2.45) is 5.92 Å². The lowest BCUT2D eigenvalue weighted by Gasteiger charge is -2.29. The predicted octanol–water partition coefficient (Wildman–Crippen LogP) is 3.89. The number of benzene rings is 1. The molecule has 2 aromatic heterocycles. The van der Waals surface area contributed by atoms with E-state index in [0.29, 0.717) is 72.1 Å². The normalized spacial score (nSPS) is 18.9. The lowest BCUT2D eigenvalue weighted by Crippen LogP contribution is -2.44. The molecule has 1 aromatic carbocycles. The monoisotopic (exact) mass is 529 g/mol. The summed E-state index contributed by atoms with van der Waals surface area (Å²) < 4.78 is 18.4. The average molecular weight is 530 g/mol. The van der Waals surface area contributed by atoms with E-state index in [-0.39, 0.29) is 17.6 Å². The predicted molar refractivity (Wildman–Crippen MR) is 142 cm³/mol. The van der Waals surface area contributed by atoms with Gasteiger partial charge in [-0.2, -0.15) is 0 Å². The summed E-state index contributed by atoms with van der Waals surface area (Å²) in [4.78, 5) is 35.8. The minimum absolute atomic E-state index is 0.0255. The Morgan fingerprint density at radius 2 is 1.92 bits per heavy atom. The first kappa shape index (κ1) is 25.3. The van der Waals surface area contributed by atoms with E-state index in [1.165, 1.54) is 23.1 Å². The molecule has 0 saturated carbocycles. The van der Waals surface area contributed by atoms with Gasteiger partial charge in [-0.15, -0.1) is 11.3 Å². The smallest absolute Gasteiger partial charge is 0.267 e. The van der Waals surface area contributed by atoms with Gasteiger partial charge in [-0.05, 0) is 42.7 Å². The first-order valence-corrected chi connectivity index (χ1v) is 13.9. The fraction of sp³-hybridized carbons (Fsp3) is 0.500. The van der Waals surface area contributed by atoms with Crippen molar-refractivity contribution in [3.05, 3.63) is 45.1 Å². The highest BCUT2D eigenvalue weighted by molar-refractivity contribution is 8.00. The van der Waals surface area contributed by atoms with Crippen molar-refractivity contribution in [2.45, 2.75) is 50.3 Å². The summed E-state index contributed by atoms with van der Waals surface area (Å²) in [5.41, 5.74) is 1.63. The van der Waals surface area contributed by atoms with E-state index >= 15 is 0 Å². The second-order valence-electron chi connectivity index (χ2n) is 9.41. The number of morpholine rings is 1. The highest BCUT2D eigenvalue weighted by atomic mass is 32.2. The van der Waals surface area contributed by atoms with Crippen molar-refractivity contribution in [3.8, 4) is 11.4 Å². The second-order valence-corrected chi connectivity index (χ2v) is 11.8. The second kappa shape index (κ2) is 10.5. The number of thioether (sulfide) groups is 1. The zero-order valence-electron chi connectivity index (χ0n) is 21.0. The number of methoxy groups -OCH3 is 1. The lowest BCUT2D eigenvalue weighted by atomic mass is 9.96. The largest absolute Gasteiger partial charge is 0.497 e. The van der Waals surface area contributed by atoms with Crippen LogP contribution in [0.25, 0.3) is 15.9 Å². The van der Waals surface area contributed by atoms with Crippen LogP contribution in [0.2, 0.25) is 0 Å². The zero-order valence-corrected chi connectivity index (χ0v) is 22.6. The van der Waals surface area contributed by atoms with Crippen LogP contribution in [0.3, 0.4) is 0 Å². The highest BCUT2D eigenvalue weighted by Gasteiger charge is 2.30. The molecule has 2 aliphatic heterocycles. The maximum absolute atomic E-state index is 14.1. The third-order valence-electron chi connectivity index (χ3n) is 6.74. The van der Waals surface area contributed by atoms with Gasteiger partial charge in [0.2, 0.25) is 5.91 Å². The summed E-state index contributed by atoms with van der Waals surface area (Å²) in [6, 6.07) is 7.36. The van der Waals surface area contributed by atoms with E-state index in [0.717, 1.165) is 10.4 Å². The van der Waals surface area contributed by atoms with E-state index in [2.05, 4.69) is 13.8 Å². The molecular weight excluding hydrogens is 498 g/mol. The Balaban J connectivity index is 1.60. The molecule has 2 unspecified atom stereocenters. The fourth-order valence-corrected chi connectivity index (χ4v) is 6.80. The quantitative estimate of drug-likeness (QED) is 0.354. The summed E-state index contributed by atoms with van der Waals surface area (Å²) in [5.74, 6) is 1.08. The number of rotatable bonds is 6. The van der Waals surface area contributed by atoms with Crippen molar-refractivity contribution in [1.29, 1.82) is 0 Å². The van der Waals surface area contributed by atoms with Gasteiger partial charge in [0.1, 0.15) is 10.6 Å². The number of carbonyl (C=O) groups excluding carboxylic acids is 1. The molecular formula is C26H31N3O5S2. The van der Waals surface area contributed by atoms with Crippen LogP contribution in [-0.2, 0) is 27.3 Å². The minimum atomic E-state index is -0.403. The maximum atomic E-state index is 14.1. The fourth-order valence-electron chi connectivity index (χ4n) is 4.62. The van der Waals surface area contributed by atoms with Crippen LogP contribution in [0.5, 0.6) is 5.75 Å². The highest BCUT2D eigenvalue weighted by Crippen LogP contribution is 2.37. The Bertz CT molecular complexity index is 1310. The topological polar surface area (TPSA) is 82.9 Å². The molecule has 10 heteroatoms. The molecule has 1 saturated heterocycles. The number of ether oxygens (including phenoxy) is 3. The Morgan fingerprint density at radius 3 is 2.58 bits per heavy atom. The van der Waals surface area contributed by atoms with E-state index in [1.54, 1.807) is 11.7 Å². The van der Waals surface area contributed by atoms with E-state index < -0.39 is 5.25 Å². The molecule has 192 valence electrons. The van der Waals surface area contributed by atoms with Gasteiger partial charge in [0.05, 0.1) is 49.4 Å². The first-order valence-electron chi connectivity index (χ1n) is 12.2. The molecule has 2 atom stereocenters. The number of thiophene rings is 1. The van der Waals surface area contributed by atoms with Crippen LogP contribution in [-0.4, -0.2) is 65.1 Å². The summed E-state index contributed by atoms with van der Waals surface area (Å²) in [7, 11) is 1.61. The average Bonchev–Trinajstić information content (AvgIpc) is 3.26. The van der Waals surface area contributed by atoms with Gasteiger partial charge in [-0.25, -0.2) is 4.98 Å². The van der Waals surface area contributed by atoms with Gasteiger partial charge in [-0.1, -0.05) is 25.6 Å². The molecule has 0 aliphatic carbocycles. The van der Waals surface area contributed by atoms with E-state index in [1.807, 2.05) is 36.1 Å². The minimum Gasteiger partial charge on any atom is -0.497 e. The molecule has 36 heavy (non-hydrogen) atoms. The Kier molecular flexibility index (Phi) is 7.39. The third-order valence-corrected chi connectivity index (χ3v) is 8.88. The van der Waals surface area contributed by atoms with Crippen LogP contribution < -0.4 is 10.3 Å². The number of amides is 1. The molecule has 0 spiro atoms. The summed E-state index contributed by atoms with van der Waals surface area (Å²) in [6.07, 6.45) is 0.773. The first-order chi connectivity index (χ1) is 17.4. The summed E-state index contributed by atoms with van der Waals surface area (Å²) >= 11 is 2.84. The number of aromatic nitrogens is 2. The standard InChI is InChI=1S/C26H31N3O5S2/c1-15(2)20-13-19-21(14-34-20)36-23-22(19)25(31)29(17-5-7-18(32-4)8-6-17)26(27-23)35-16(3)24(30)28-9-11-33-12-10-28/h5-8,15-16,20H,9-14H2,1-4H3. The van der Waals surface area contributed by atoms with Gasteiger partial charge in [0, 0.05) is 24.4 Å². The maximum Gasteiger partial charge on any atom is 0.267 e. The molecule has 0 bridgehead atoms. The van der Waals surface area contributed by atoms with Crippen molar-refractivity contribution in [3.63, 3.8) is 0 Å². The van der Waals surface area contributed by atoms with Gasteiger partial charge >= 0.3 is 0 Å². The van der Waals surface area contributed by atoms with Crippen molar-refractivity contribution in [2.75, 3.05) is 33.4 Å².